The number of fused-ring (bicyclic) bond motifs is 1. The molecular weight excluding hydrogens is 181 g/mol. The van der Waals surface area contributed by atoms with Gasteiger partial charge in [0.1, 0.15) is 0 Å². The molecule has 2 aromatic heterocycles. The van der Waals surface area contributed by atoms with E-state index in [1.807, 2.05) is 13.8 Å². The third-order valence-electron chi connectivity index (χ3n) is 2.15. The molecule has 0 aliphatic heterocycles. The molecule has 0 saturated heterocycles. The molecule has 0 bridgehead atoms. The molecule has 0 atom stereocenters. The van der Waals surface area contributed by atoms with Crippen LogP contribution in [-0.4, -0.2) is 9.38 Å². The van der Waals surface area contributed by atoms with Gasteiger partial charge in [0.15, 0.2) is 11.5 Å². The fraction of sp³-hybridized carbons (Fsp3) is 0.300. The van der Waals surface area contributed by atoms with Crippen molar-refractivity contribution in [2.75, 3.05) is 0 Å². The van der Waals surface area contributed by atoms with E-state index in [0.717, 1.165) is 5.69 Å². The van der Waals surface area contributed by atoms with E-state index in [2.05, 4.69) is 4.98 Å². The average Bonchev–Trinajstić information content (AvgIpc) is 2.47. The van der Waals surface area contributed by atoms with Crippen LogP contribution in [0.1, 0.15) is 19.5 Å². The summed E-state index contributed by atoms with van der Waals surface area (Å²) < 4.78 is 14.9. The van der Waals surface area contributed by atoms with Gasteiger partial charge < -0.3 is 5.73 Å². The molecule has 0 unspecified atom stereocenters. The highest BCUT2D eigenvalue weighted by Gasteiger charge is 2.19. The molecule has 3 nitrogen and oxygen atoms in total. The van der Waals surface area contributed by atoms with E-state index < -0.39 is 5.54 Å². The Kier molecular flexibility index (Phi) is 1.82. The smallest absolute Gasteiger partial charge is 0.173 e. The largest absolute Gasteiger partial charge is 0.321 e. The average molecular weight is 193 g/mol. The molecule has 0 radical (unpaired) electrons. The van der Waals surface area contributed by atoms with Gasteiger partial charge in [-0.2, -0.15) is 0 Å². The Balaban J connectivity index is 2.76. The molecule has 0 saturated carbocycles. The number of aromatic nitrogens is 2. The molecule has 4 heteroatoms. The van der Waals surface area contributed by atoms with Crippen molar-refractivity contribution in [3.8, 4) is 0 Å². The Labute approximate surface area is 81.4 Å². The molecular formula is C10H12FN3. The van der Waals surface area contributed by atoms with Crippen LogP contribution in [0.15, 0.2) is 24.5 Å². The molecule has 2 aromatic rings. The maximum atomic E-state index is 13.3. The number of nitrogens with two attached hydrogens (primary N) is 1. The van der Waals surface area contributed by atoms with Crippen molar-refractivity contribution in [1.29, 1.82) is 0 Å². The first-order valence-corrected chi connectivity index (χ1v) is 4.41. The van der Waals surface area contributed by atoms with Crippen LogP contribution in [-0.2, 0) is 5.54 Å². The fourth-order valence-corrected chi connectivity index (χ4v) is 1.45. The van der Waals surface area contributed by atoms with Crippen molar-refractivity contribution in [3.63, 3.8) is 0 Å². The number of pyridine rings is 1. The molecule has 2 heterocycles. The molecule has 0 aromatic carbocycles. The van der Waals surface area contributed by atoms with Crippen molar-refractivity contribution in [3.05, 3.63) is 36.0 Å². The number of hydrogen-bond acceptors (Lipinski definition) is 2. The number of hydrogen-bond donors (Lipinski definition) is 1. The second-order valence-corrected chi connectivity index (χ2v) is 3.91. The van der Waals surface area contributed by atoms with Gasteiger partial charge in [0.25, 0.3) is 0 Å². The quantitative estimate of drug-likeness (QED) is 0.748. The van der Waals surface area contributed by atoms with E-state index in [9.17, 15) is 4.39 Å². The van der Waals surface area contributed by atoms with Gasteiger partial charge in [-0.1, -0.05) is 0 Å². The van der Waals surface area contributed by atoms with Crippen molar-refractivity contribution in [2.24, 2.45) is 5.73 Å². The maximum Gasteiger partial charge on any atom is 0.173 e. The molecule has 2 N–H and O–H groups in total. The summed E-state index contributed by atoms with van der Waals surface area (Å²) in [7, 11) is 0. The monoisotopic (exact) mass is 193 g/mol. The summed E-state index contributed by atoms with van der Waals surface area (Å²) in [5.74, 6) is -0.331. The number of halogens is 1. The van der Waals surface area contributed by atoms with Crippen LogP contribution in [0, 0.1) is 5.82 Å². The van der Waals surface area contributed by atoms with Crippen molar-refractivity contribution in [2.45, 2.75) is 19.4 Å². The summed E-state index contributed by atoms with van der Waals surface area (Å²) in [6.07, 6.45) is 3.37. The summed E-state index contributed by atoms with van der Waals surface area (Å²) in [5, 5.41) is 0. The molecule has 0 spiro atoms. The lowest BCUT2D eigenvalue weighted by molar-refractivity contribution is 0.529. The first-order valence-electron chi connectivity index (χ1n) is 4.41. The van der Waals surface area contributed by atoms with E-state index in [1.165, 1.54) is 6.07 Å². The molecule has 0 aliphatic carbocycles. The summed E-state index contributed by atoms with van der Waals surface area (Å²) in [6.45, 7) is 3.72. The Morgan fingerprint density at radius 2 is 2.21 bits per heavy atom. The van der Waals surface area contributed by atoms with E-state index in [4.69, 9.17) is 5.73 Å². The summed E-state index contributed by atoms with van der Waals surface area (Å²) in [6, 6.07) is 3.02. The van der Waals surface area contributed by atoms with Crippen molar-refractivity contribution in [1.82, 2.24) is 9.38 Å². The highest BCUT2D eigenvalue weighted by atomic mass is 19.1. The standard InChI is InChI=1S/C10H12FN3/c1-10(2,12)8-6-13-9-7(11)4-3-5-14(8)9/h3-6H,12H2,1-2H3. The van der Waals surface area contributed by atoms with Crippen LogP contribution in [0.4, 0.5) is 4.39 Å². The molecule has 0 fully saturated rings. The Bertz CT molecular complexity index is 468. The predicted molar refractivity (Wildman–Crippen MR) is 52.4 cm³/mol. The minimum absolute atomic E-state index is 0.320. The van der Waals surface area contributed by atoms with Crippen LogP contribution in [0.2, 0.25) is 0 Å². The van der Waals surface area contributed by atoms with Gasteiger partial charge in [0.2, 0.25) is 0 Å². The van der Waals surface area contributed by atoms with Crippen LogP contribution < -0.4 is 5.73 Å². The van der Waals surface area contributed by atoms with Crippen LogP contribution >= 0.6 is 0 Å². The zero-order chi connectivity index (χ0) is 10.3. The molecule has 0 amide bonds. The topological polar surface area (TPSA) is 43.3 Å². The van der Waals surface area contributed by atoms with Crippen LogP contribution in [0.5, 0.6) is 0 Å². The van der Waals surface area contributed by atoms with E-state index in [1.54, 1.807) is 22.9 Å². The van der Waals surface area contributed by atoms with E-state index in [0.29, 0.717) is 5.65 Å². The molecule has 74 valence electrons. The lowest BCUT2D eigenvalue weighted by atomic mass is 10.0. The number of imidazole rings is 1. The van der Waals surface area contributed by atoms with Gasteiger partial charge in [0, 0.05) is 6.20 Å². The van der Waals surface area contributed by atoms with Crippen LogP contribution in [0.25, 0.3) is 5.65 Å². The predicted octanol–water partition coefficient (Wildman–Crippen LogP) is 1.67. The van der Waals surface area contributed by atoms with E-state index in [-0.39, 0.29) is 5.82 Å². The SMILES string of the molecule is CC(C)(N)c1cnc2c(F)cccn12. The van der Waals surface area contributed by atoms with Gasteiger partial charge in [0.05, 0.1) is 17.4 Å². The van der Waals surface area contributed by atoms with Gasteiger partial charge in [-0.15, -0.1) is 0 Å². The minimum atomic E-state index is -0.521. The summed E-state index contributed by atoms with van der Waals surface area (Å²) in [5.41, 5.74) is 6.53. The van der Waals surface area contributed by atoms with Gasteiger partial charge in [-0.25, -0.2) is 9.37 Å². The Morgan fingerprint density at radius 1 is 1.50 bits per heavy atom. The lowest BCUT2D eigenvalue weighted by Gasteiger charge is -2.17. The van der Waals surface area contributed by atoms with Crippen LogP contribution in [0.3, 0.4) is 0 Å². The maximum absolute atomic E-state index is 13.3. The van der Waals surface area contributed by atoms with Crippen molar-refractivity contribution < 1.29 is 4.39 Å². The second-order valence-electron chi connectivity index (χ2n) is 3.91. The fourth-order valence-electron chi connectivity index (χ4n) is 1.45. The third-order valence-corrected chi connectivity index (χ3v) is 2.15. The molecule has 0 aliphatic rings. The zero-order valence-electron chi connectivity index (χ0n) is 8.16. The number of rotatable bonds is 1. The Morgan fingerprint density at radius 3 is 2.86 bits per heavy atom. The van der Waals surface area contributed by atoms with Crippen molar-refractivity contribution >= 4 is 5.65 Å². The van der Waals surface area contributed by atoms with Gasteiger partial charge in [-0.05, 0) is 26.0 Å². The third kappa shape index (κ3) is 1.28. The normalized spacial score (nSPS) is 12.3. The first-order chi connectivity index (χ1) is 6.50. The van der Waals surface area contributed by atoms with Gasteiger partial charge in [-0.3, -0.25) is 4.40 Å². The lowest BCUT2D eigenvalue weighted by Crippen LogP contribution is -2.30. The first kappa shape index (κ1) is 9.15. The summed E-state index contributed by atoms with van der Waals surface area (Å²) >= 11 is 0. The minimum Gasteiger partial charge on any atom is -0.321 e. The van der Waals surface area contributed by atoms with E-state index >= 15 is 0 Å². The van der Waals surface area contributed by atoms with Gasteiger partial charge >= 0.3 is 0 Å². The Hall–Kier alpha value is -1.42. The summed E-state index contributed by atoms with van der Waals surface area (Å²) in [4.78, 5) is 3.99. The second kappa shape index (κ2) is 2.78. The highest BCUT2D eigenvalue weighted by molar-refractivity contribution is 5.42. The zero-order valence-corrected chi connectivity index (χ0v) is 8.16. The molecule has 2 rings (SSSR count). The number of nitrogens with zero attached hydrogens (tertiary/aromatic N) is 2. The molecule has 14 heavy (non-hydrogen) atoms. The highest BCUT2D eigenvalue weighted by Crippen LogP contribution is 2.19.